The lowest BCUT2D eigenvalue weighted by Crippen LogP contribution is -2.46. The summed E-state index contributed by atoms with van der Waals surface area (Å²) in [6.45, 7) is 12.6. The average molecular weight is 495 g/mol. The van der Waals surface area contributed by atoms with E-state index in [4.69, 9.17) is 14.1 Å². The van der Waals surface area contributed by atoms with E-state index < -0.39 is 7.12 Å². The van der Waals surface area contributed by atoms with Gasteiger partial charge in [0.05, 0.1) is 19.8 Å². The number of hydrogen-bond acceptors (Lipinski definition) is 7. The van der Waals surface area contributed by atoms with E-state index in [9.17, 15) is 9.82 Å². The highest BCUT2D eigenvalue weighted by Gasteiger charge is 2.32. The van der Waals surface area contributed by atoms with Gasteiger partial charge in [0.1, 0.15) is 11.9 Å². The first-order chi connectivity index (χ1) is 17.6. The lowest BCUT2D eigenvalue weighted by Gasteiger charge is -2.36. The molecule has 194 valence electrons. The second-order valence-electron chi connectivity index (χ2n) is 9.06. The van der Waals surface area contributed by atoms with Crippen LogP contribution in [-0.2, 0) is 16.0 Å². The van der Waals surface area contributed by atoms with Gasteiger partial charge in [0.2, 0.25) is 0 Å². The average Bonchev–Trinajstić information content (AvgIpc) is 3.51. The molecule has 0 bridgehead atoms. The van der Waals surface area contributed by atoms with Gasteiger partial charge < -0.3 is 24.1 Å². The molecule has 1 amide bonds. The molecule has 0 aromatic heterocycles. The van der Waals surface area contributed by atoms with Crippen molar-refractivity contribution in [2.45, 2.75) is 46.3 Å². The summed E-state index contributed by atoms with van der Waals surface area (Å²) in [5, 5.41) is 10.0. The predicted octanol–water partition coefficient (Wildman–Crippen LogP) is 3.26. The van der Waals surface area contributed by atoms with Crippen LogP contribution in [0.4, 0.5) is 16.2 Å². The van der Waals surface area contributed by atoms with E-state index >= 15 is 0 Å². The second kappa shape index (κ2) is 12.5. The minimum Gasteiger partial charge on any atom is -0.494 e. The number of rotatable bonds is 8. The maximum atomic E-state index is 12.1. The Morgan fingerprint density at radius 2 is 1.78 bits per heavy atom. The van der Waals surface area contributed by atoms with Crippen LogP contribution in [-0.4, -0.2) is 75.1 Å². The molecule has 1 unspecified atom stereocenters. The summed E-state index contributed by atoms with van der Waals surface area (Å²) in [6.07, 6.45) is 1.50. The molecule has 2 saturated heterocycles. The van der Waals surface area contributed by atoms with Crippen LogP contribution in [0.2, 0.25) is 0 Å². The van der Waals surface area contributed by atoms with Crippen LogP contribution in [0.1, 0.15) is 39.2 Å². The van der Waals surface area contributed by atoms with Gasteiger partial charge in [-0.1, -0.05) is 32.9 Å². The third-order valence-electron chi connectivity index (χ3n) is 6.90. The summed E-state index contributed by atoms with van der Waals surface area (Å²) >= 11 is 0. The van der Waals surface area contributed by atoms with Crippen LogP contribution in [0.25, 0.3) is 0 Å². The molecule has 0 radical (unpaired) electrons. The third-order valence-corrected chi connectivity index (χ3v) is 6.90. The molecule has 2 fully saturated rings. The molecule has 8 nitrogen and oxygen atoms in total. The number of fused-ring (bicyclic) bond motifs is 1. The molecule has 0 aliphatic carbocycles. The minimum absolute atomic E-state index is 0.0141. The molecule has 1 N–H and O–H groups in total. The maximum absolute atomic E-state index is 12.1. The monoisotopic (exact) mass is 495 g/mol. The predicted molar refractivity (Wildman–Crippen MR) is 143 cm³/mol. The Kier molecular flexibility index (Phi) is 9.12. The fourth-order valence-electron chi connectivity index (χ4n) is 4.86. The number of ether oxygens (including phenoxy) is 2. The van der Waals surface area contributed by atoms with Gasteiger partial charge in [-0.15, -0.1) is 0 Å². The first-order valence-corrected chi connectivity index (χ1v) is 13.2. The lowest BCUT2D eigenvalue weighted by atomic mass is 9.79. The number of cyclic esters (lactones) is 1. The van der Waals surface area contributed by atoms with E-state index in [0.717, 1.165) is 68.0 Å². The van der Waals surface area contributed by atoms with E-state index in [-0.39, 0.29) is 12.2 Å². The fourth-order valence-corrected chi connectivity index (χ4v) is 4.86. The standard InChI is InChI=1S/C25H32BN3O5.C2H6/c1-2-22-17-29(25(30)34-22)21-9-7-20(8-10-21)28-14-12-27(13-15-28)11-4-16-32-23-6-3-5-19-18-33-26(31)24(19)23;1-2/h3,5-10,22,31H,2,4,11-18H2,1H3;1-2H3. The van der Waals surface area contributed by atoms with Gasteiger partial charge in [-0.05, 0) is 48.7 Å². The number of nitrogens with zero attached hydrogens (tertiary/aromatic N) is 3. The molecule has 2 aromatic rings. The van der Waals surface area contributed by atoms with Crippen molar-refractivity contribution in [2.75, 3.05) is 55.7 Å². The fraction of sp³-hybridized carbons (Fsp3) is 0.519. The summed E-state index contributed by atoms with van der Waals surface area (Å²) < 4.78 is 16.6. The van der Waals surface area contributed by atoms with Gasteiger partial charge >= 0.3 is 13.2 Å². The lowest BCUT2D eigenvalue weighted by molar-refractivity contribution is 0.139. The van der Waals surface area contributed by atoms with Crippen LogP contribution < -0.4 is 20.0 Å². The molecule has 9 heteroatoms. The Labute approximate surface area is 214 Å². The Balaban J connectivity index is 0.00000148. The van der Waals surface area contributed by atoms with E-state index in [1.165, 1.54) is 5.69 Å². The van der Waals surface area contributed by atoms with Crippen LogP contribution in [0.5, 0.6) is 5.75 Å². The highest BCUT2D eigenvalue weighted by atomic mass is 16.6. The van der Waals surface area contributed by atoms with Crippen molar-refractivity contribution in [3.8, 4) is 5.75 Å². The Bertz CT molecular complexity index is 997. The van der Waals surface area contributed by atoms with Crippen molar-refractivity contribution < 1.29 is 23.9 Å². The number of carbonyl (C=O) groups is 1. The van der Waals surface area contributed by atoms with Crippen molar-refractivity contribution in [1.82, 2.24) is 4.90 Å². The van der Waals surface area contributed by atoms with Crippen LogP contribution in [0, 0.1) is 0 Å². The highest BCUT2D eigenvalue weighted by molar-refractivity contribution is 6.62. The Morgan fingerprint density at radius 3 is 2.47 bits per heavy atom. The van der Waals surface area contributed by atoms with Gasteiger partial charge in [0, 0.05) is 49.6 Å². The number of benzene rings is 2. The minimum atomic E-state index is -0.884. The molecular weight excluding hydrogens is 457 g/mol. The molecule has 2 aromatic carbocycles. The van der Waals surface area contributed by atoms with Crippen molar-refractivity contribution in [3.63, 3.8) is 0 Å². The Hall–Kier alpha value is -2.75. The molecule has 1 atom stereocenters. The van der Waals surface area contributed by atoms with Gasteiger partial charge in [-0.2, -0.15) is 0 Å². The van der Waals surface area contributed by atoms with Crippen molar-refractivity contribution in [2.24, 2.45) is 0 Å². The smallest absolute Gasteiger partial charge is 0.494 e. The largest absolute Gasteiger partial charge is 0.495 e. The van der Waals surface area contributed by atoms with Crippen molar-refractivity contribution in [3.05, 3.63) is 48.0 Å². The normalized spacial score (nSPS) is 19.6. The number of piperazine rings is 1. The summed E-state index contributed by atoms with van der Waals surface area (Å²) in [5.41, 5.74) is 3.85. The van der Waals surface area contributed by atoms with E-state index in [2.05, 4.69) is 21.9 Å². The summed E-state index contributed by atoms with van der Waals surface area (Å²) in [6, 6.07) is 14.0. The van der Waals surface area contributed by atoms with E-state index in [0.29, 0.717) is 19.8 Å². The number of anilines is 2. The molecule has 3 aliphatic rings. The second-order valence-corrected chi connectivity index (χ2v) is 9.06. The van der Waals surface area contributed by atoms with Gasteiger partial charge in [-0.25, -0.2) is 4.79 Å². The number of amides is 1. The van der Waals surface area contributed by atoms with Crippen molar-refractivity contribution in [1.29, 1.82) is 0 Å². The number of carbonyl (C=O) groups excluding carboxylic acids is 1. The van der Waals surface area contributed by atoms with E-state index in [1.54, 1.807) is 4.90 Å². The van der Waals surface area contributed by atoms with Gasteiger partial charge in [-0.3, -0.25) is 9.80 Å². The molecule has 5 rings (SSSR count). The van der Waals surface area contributed by atoms with E-state index in [1.807, 2.05) is 51.1 Å². The van der Waals surface area contributed by atoms with Gasteiger partial charge in [0.15, 0.2) is 0 Å². The zero-order valence-corrected chi connectivity index (χ0v) is 21.7. The molecule has 36 heavy (non-hydrogen) atoms. The zero-order chi connectivity index (χ0) is 25.5. The topological polar surface area (TPSA) is 74.7 Å². The summed E-state index contributed by atoms with van der Waals surface area (Å²) in [4.78, 5) is 18.7. The quantitative estimate of drug-likeness (QED) is 0.445. The molecule has 3 aliphatic heterocycles. The first-order valence-electron chi connectivity index (χ1n) is 13.2. The molecule has 0 spiro atoms. The summed E-state index contributed by atoms with van der Waals surface area (Å²) in [7, 11) is -0.884. The highest BCUT2D eigenvalue weighted by Crippen LogP contribution is 2.26. The SMILES string of the molecule is CC.CCC1CN(c2ccc(N3CCN(CCCOc4cccc5c4B(O)OC5)CC3)cc2)C(=O)O1. The van der Waals surface area contributed by atoms with Crippen LogP contribution in [0.3, 0.4) is 0 Å². The molecular formula is C27H38BN3O5. The first kappa shape index (κ1) is 26.3. The maximum Gasteiger partial charge on any atom is 0.495 e. The number of hydrogen-bond donors (Lipinski definition) is 1. The van der Waals surface area contributed by atoms with Crippen LogP contribution >= 0.6 is 0 Å². The molecule has 3 heterocycles. The molecule has 0 saturated carbocycles. The summed E-state index contributed by atoms with van der Waals surface area (Å²) in [5.74, 6) is 0.725. The van der Waals surface area contributed by atoms with Crippen molar-refractivity contribution >= 4 is 30.0 Å². The zero-order valence-electron chi connectivity index (χ0n) is 21.7. The van der Waals surface area contributed by atoms with Crippen LogP contribution in [0.15, 0.2) is 42.5 Å². The Morgan fingerprint density at radius 1 is 1.06 bits per heavy atom. The third kappa shape index (κ3) is 5.96. The van der Waals surface area contributed by atoms with Gasteiger partial charge in [0.25, 0.3) is 0 Å².